The number of hydrogen-bond acceptors (Lipinski definition) is 6. The van der Waals surface area contributed by atoms with E-state index in [4.69, 9.17) is 14.3 Å². The van der Waals surface area contributed by atoms with Gasteiger partial charge in [0.2, 0.25) is 0 Å². The van der Waals surface area contributed by atoms with Crippen LogP contribution in [0.2, 0.25) is 0 Å². The van der Waals surface area contributed by atoms with Crippen LogP contribution in [0.15, 0.2) is 36.4 Å². The summed E-state index contributed by atoms with van der Waals surface area (Å²) in [6.45, 7) is 26.0. The SMILES string of the molecule is CC(C)(C)c1ccc(C(C)(OP(=O)(O)OP(=O)(O)OP(=O)(O)O)c2ccc(C(C)(C)C)cc2C(C)(C)C)c(C(C)(C)C)c1.[AlH3]. The van der Waals surface area contributed by atoms with Gasteiger partial charge in [0.15, 0.2) is 17.4 Å². The number of phosphoric ester groups is 1. The first kappa shape index (κ1) is 41.4. The van der Waals surface area contributed by atoms with E-state index in [-0.39, 0.29) is 28.2 Å². The number of phosphoric acid groups is 3. The molecule has 0 spiro atoms. The molecule has 0 aliphatic carbocycles. The van der Waals surface area contributed by atoms with Crippen LogP contribution in [-0.2, 0) is 54.1 Å². The van der Waals surface area contributed by atoms with Gasteiger partial charge in [0.05, 0.1) is 0 Å². The van der Waals surface area contributed by atoms with Gasteiger partial charge in [-0.3, -0.25) is 4.52 Å². The Kier molecular flexibility index (Phi) is 12.3. The highest BCUT2D eigenvalue weighted by atomic mass is 31.3. The summed E-state index contributed by atoms with van der Waals surface area (Å²) in [5, 5.41) is 0. The summed E-state index contributed by atoms with van der Waals surface area (Å²) in [6.07, 6.45) is 0. The van der Waals surface area contributed by atoms with Gasteiger partial charge >= 0.3 is 23.5 Å². The van der Waals surface area contributed by atoms with Crippen LogP contribution in [0.4, 0.5) is 0 Å². The molecule has 2 aromatic rings. The molecule has 2 aromatic carbocycles. The van der Waals surface area contributed by atoms with Crippen LogP contribution in [-0.4, -0.2) is 36.9 Å². The first-order chi connectivity index (χ1) is 18.8. The van der Waals surface area contributed by atoms with Crippen LogP contribution in [0, 0.1) is 0 Å². The lowest BCUT2D eigenvalue weighted by molar-refractivity contribution is 0.0755. The van der Waals surface area contributed by atoms with E-state index in [0.717, 1.165) is 22.3 Å². The average Bonchev–Trinajstić information content (AvgIpc) is 2.72. The predicted molar refractivity (Wildman–Crippen MR) is 179 cm³/mol. The molecule has 0 heterocycles. The standard InChI is InChI=1S/C30H49O10P3.Al.3H/c1-26(2,3)20-14-16-22(24(18-20)28(7,8)9)30(13,38-42(34,35)40-43(36,37)39-41(31,32)33)23-17-15-21(27(4,5)6)19-25(23)29(10,11)12;;;;/h14-19H,1-13H3,(H,34,35)(H,36,37)(H2,31,32,33);;;;. The van der Waals surface area contributed by atoms with Gasteiger partial charge in [-0.05, 0) is 62.0 Å². The zero-order valence-electron chi connectivity index (χ0n) is 27.5. The summed E-state index contributed by atoms with van der Waals surface area (Å²) in [7, 11) is -16.9. The van der Waals surface area contributed by atoms with Crippen molar-refractivity contribution in [2.45, 2.75) is 117 Å². The first-order valence-corrected chi connectivity index (χ1v) is 18.5. The fourth-order valence-electron chi connectivity index (χ4n) is 4.87. The Morgan fingerprint density at radius 2 is 0.841 bits per heavy atom. The molecule has 0 fully saturated rings. The fourth-order valence-corrected chi connectivity index (χ4v) is 8.16. The molecule has 2 atom stereocenters. The van der Waals surface area contributed by atoms with E-state index in [1.165, 1.54) is 0 Å². The fraction of sp³-hybridized carbons (Fsp3) is 0.600. The largest absolute Gasteiger partial charge is 0.490 e. The average molecular weight is 693 g/mol. The van der Waals surface area contributed by atoms with Crippen molar-refractivity contribution >= 4 is 40.8 Å². The highest BCUT2D eigenvalue weighted by Gasteiger charge is 2.48. The van der Waals surface area contributed by atoms with Gasteiger partial charge in [-0.25, -0.2) is 13.7 Å². The normalized spacial score (nSPS) is 16.6. The second-order valence-corrected chi connectivity index (χ2v) is 19.6. The van der Waals surface area contributed by atoms with Crippen molar-refractivity contribution in [2.24, 2.45) is 0 Å². The minimum absolute atomic E-state index is 0. The molecule has 0 amide bonds. The highest BCUT2D eigenvalue weighted by Crippen LogP contribution is 2.68. The summed E-state index contributed by atoms with van der Waals surface area (Å²) in [6, 6.07) is 11.5. The summed E-state index contributed by atoms with van der Waals surface area (Å²) >= 11 is 0. The monoisotopic (exact) mass is 692 g/mol. The summed E-state index contributed by atoms with van der Waals surface area (Å²) in [5.41, 5.74) is 1.41. The maximum atomic E-state index is 13.5. The number of hydrogen-bond donors (Lipinski definition) is 4. The minimum Gasteiger partial charge on any atom is -0.302 e. The van der Waals surface area contributed by atoms with Gasteiger partial charge in [0.25, 0.3) is 0 Å². The van der Waals surface area contributed by atoms with Gasteiger partial charge in [0, 0.05) is 0 Å². The van der Waals surface area contributed by atoms with Gasteiger partial charge in [-0.1, -0.05) is 119 Å². The Bertz CT molecular complexity index is 1410. The van der Waals surface area contributed by atoms with E-state index in [2.05, 4.69) is 50.2 Å². The molecule has 44 heavy (non-hydrogen) atoms. The lowest BCUT2D eigenvalue weighted by Gasteiger charge is -2.40. The molecule has 0 saturated heterocycles. The van der Waals surface area contributed by atoms with Crippen molar-refractivity contribution in [3.8, 4) is 0 Å². The Labute approximate surface area is 273 Å². The maximum absolute atomic E-state index is 13.5. The van der Waals surface area contributed by atoms with Crippen molar-refractivity contribution in [3.05, 3.63) is 69.8 Å². The third-order valence-electron chi connectivity index (χ3n) is 7.13. The first-order valence-electron chi connectivity index (χ1n) is 13.9. The van der Waals surface area contributed by atoms with Crippen LogP contribution < -0.4 is 0 Å². The van der Waals surface area contributed by atoms with Crippen LogP contribution >= 0.6 is 23.5 Å². The molecule has 10 nitrogen and oxygen atoms in total. The van der Waals surface area contributed by atoms with Crippen molar-refractivity contribution < 1.29 is 46.4 Å². The Morgan fingerprint density at radius 3 is 1.11 bits per heavy atom. The lowest BCUT2D eigenvalue weighted by Crippen LogP contribution is -2.34. The quantitative estimate of drug-likeness (QED) is 0.163. The van der Waals surface area contributed by atoms with Gasteiger partial charge in [-0.2, -0.15) is 8.62 Å². The summed E-state index contributed by atoms with van der Waals surface area (Å²) in [4.78, 5) is 38.9. The predicted octanol–water partition coefficient (Wildman–Crippen LogP) is 7.30. The van der Waals surface area contributed by atoms with Crippen LogP contribution in [0.1, 0.15) is 123 Å². The molecule has 2 unspecified atom stereocenters. The summed E-state index contributed by atoms with van der Waals surface area (Å²) < 4.78 is 51.2. The molecule has 0 aromatic heterocycles. The van der Waals surface area contributed by atoms with Crippen LogP contribution in [0.3, 0.4) is 0 Å². The van der Waals surface area contributed by atoms with E-state index < -0.39 is 39.9 Å². The van der Waals surface area contributed by atoms with E-state index in [9.17, 15) is 23.5 Å². The molecule has 0 bridgehead atoms. The van der Waals surface area contributed by atoms with Crippen LogP contribution in [0.5, 0.6) is 0 Å². The maximum Gasteiger partial charge on any atom is 0.490 e. The zero-order valence-corrected chi connectivity index (χ0v) is 30.2. The Hall–Kier alpha value is -0.618. The van der Waals surface area contributed by atoms with E-state index in [0.29, 0.717) is 11.1 Å². The number of rotatable bonds is 8. The molecular weight excluding hydrogens is 640 g/mol. The molecule has 0 saturated carbocycles. The van der Waals surface area contributed by atoms with Gasteiger partial charge < -0.3 is 19.6 Å². The third-order valence-corrected chi connectivity index (χ3v) is 11.1. The second kappa shape index (κ2) is 13.1. The molecule has 250 valence electrons. The van der Waals surface area contributed by atoms with Gasteiger partial charge in [-0.15, -0.1) is 0 Å². The molecule has 0 aliphatic heterocycles. The third kappa shape index (κ3) is 10.7. The van der Waals surface area contributed by atoms with Crippen molar-refractivity contribution in [2.75, 3.05) is 0 Å². The van der Waals surface area contributed by atoms with Crippen molar-refractivity contribution in [3.63, 3.8) is 0 Å². The van der Waals surface area contributed by atoms with Crippen molar-refractivity contribution in [1.82, 2.24) is 0 Å². The van der Waals surface area contributed by atoms with E-state index >= 15 is 0 Å². The minimum atomic E-state index is -5.75. The van der Waals surface area contributed by atoms with Crippen LogP contribution in [0.25, 0.3) is 0 Å². The van der Waals surface area contributed by atoms with E-state index in [1.807, 2.05) is 77.9 Å². The Morgan fingerprint density at radius 1 is 0.500 bits per heavy atom. The topological polar surface area (TPSA) is 160 Å². The zero-order chi connectivity index (χ0) is 33.8. The molecule has 14 heteroatoms. The smallest absolute Gasteiger partial charge is 0.302 e. The Balaban J connectivity index is 0.00000968. The lowest BCUT2D eigenvalue weighted by atomic mass is 9.70. The molecular formula is C30H52AlO10P3. The van der Waals surface area contributed by atoms with Crippen molar-refractivity contribution in [1.29, 1.82) is 0 Å². The molecule has 4 N–H and O–H groups in total. The molecule has 0 aliphatic rings. The second-order valence-electron chi connectivity index (χ2n) is 15.2. The molecule has 0 radical (unpaired) electrons. The highest BCUT2D eigenvalue weighted by molar-refractivity contribution is 7.66. The molecule has 2 rings (SSSR count). The summed E-state index contributed by atoms with van der Waals surface area (Å²) in [5.74, 6) is 0. The van der Waals surface area contributed by atoms with Gasteiger partial charge in [0.1, 0.15) is 5.60 Å². The van der Waals surface area contributed by atoms with E-state index in [1.54, 1.807) is 6.92 Å². The number of benzene rings is 2.